The fourth-order valence-corrected chi connectivity index (χ4v) is 3.33. The summed E-state index contributed by atoms with van der Waals surface area (Å²) < 4.78 is 5.35. The molecule has 0 radical (unpaired) electrons. The highest BCUT2D eigenvalue weighted by Gasteiger charge is 2.30. The smallest absolute Gasteiger partial charge is 0.258 e. The van der Waals surface area contributed by atoms with Crippen LogP contribution >= 0.6 is 0 Å². The van der Waals surface area contributed by atoms with Gasteiger partial charge in [-0.05, 0) is 31.5 Å². The highest BCUT2D eigenvalue weighted by atomic mass is 16.5. The van der Waals surface area contributed by atoms with Gasteiger partial charge < -0.3 is 9.51 Å². The van der Waals surface area contributed by atoms with E-state index in [1.165, 1.54) is 0 Å². The molecule has 1 saturated heterocycles. The fraction of sp³-hybridized carbons (Fsp3) is 0.444. The van der Waals surface area contributed by atoms with E-state index < -0.39 is 0 Å². The zero-order chi connectivity index (χ0) is 17.4. The number of aromatic amines is 1. The van der Waals surface area contributed by atoms with Crippen molar-refractivity contribution >= 4 is 10.9 Å². The highest BCUT2D eigenvalue weighted by molar-refractivity contribution is 5.77. The van der Waals surface area contributed by atoms with Crippen molar-refractivity contribution in [3.8, 4) is 0 Å². The molecule has 25 heavy (non-hydrogen) atoms. The lowest BCUT2D eigenvalue weighted by Crippen LogP contribution is -2.26. The summed E-state index contributed by atoms with van der Waals surface area (Å²) in [4.78, 5) is 26.5. The lowest BCUT2D eigenvalue weighted by atomic mass is 10.2. The summed E-state index contributed by atoms with van der Waals surface area (Å²) >= 11 is 0. The second-order valence-electron chi connectivity index (χ2n) is 6.80. The molecular formula is C18H21N5O2. The van der Waals surface area contributed by atoms with Crippen LogP contribution in [0.2, 0.25) is 0 Å². The second kappa shape index (κ2) is 6.40. The summed E-state index contributed by atoms with van der Waals surface area (Å²) in [6, 6.07) is 7.50. The Morgan fingerprint density at radius 2 is 2.16 bits per heavy atom. The van der Waals surface area contributed by atoms with Crippen molar-refractivity contribution in [3.05, 3.63) is 52.2 Å². The van der Waals surface area contributed by atoms with E-state index in [4.69, 9.17) is 4.52 Å². The van der Waals surface area contributed by atoms with E-state index in [0.717, 1.165) is 30.7 Å². The number of H-pyrrole nitrogens is 1. The normalized spacial score (nSPS) is 18.4. The van der Waals surface area contributed by atoms with Crippen molar-refractivity contribution in [1.82, 2.24) is 25.0 Å². The first-order chi connectivity index (χ1) is 12.1. The predicted octanol–water partition coefficient (Wildman–Crippen LogP) is 2.77. The molecule has 7 nitrogen and oxygen atoms in total. The average Bonchev–Trinajstić information content (AvgIpc) is 3.24. The predicted molar refractivity (Wildman–Crippen MR) is 93.1 cm³/mol. The first-order valence-corrected chi connectivity index (χ1v) is 8.67. The third kappa shape index (κ3) is 3.07. The zero-order valence-electron chi connectivity index (χ0n) is 14.4. The van der Waals surface area contributed by atoms with Crippen molar-refractivity contribution in [1.29, 1.82) is 0 Å². The number of nitrogens with zero attached hydrogens (tertiary/aromatic N) is 4. The van der Waals surface area contributed by atoms with Gasteiger partial charge in [-0.25, -0.2) is 4.98 Å². The largest absolute Gasteiger partial charge is 0.339 e. The maximum atomic E-state index is 12.2. The number of hydrogen-bond donors (Lipinski definition) is 1. The molecule has 1 aliphatic heterocycles. The summed E-state index contributed by atoms with van der Waals surface area (Å²) in [6.07, 6.45) is 2.04. The van der Waals surface area contributed by atoms with E-state index in [-0.39, 0.29) is 17.5 Å². The Morgan fingerprint density at radius 1 is 1.32 bits per heavy atom. The van der Waals surface area contributed by atoms with Gasteiger partial charge in [0.05, 0.1) is 23.5 Å². The Morgan fingerprint density at radius 3 is 2.96 bits per heavy atom. The van der Waals surface area contributed by atoms with Crippen molar-refractivity contribution in [3.63, 3.8) is 0 Å². The Kier molecular flexibility index (Phi) is 4.09. The maximum absolute atomic E-state index is 12.2. The van der Waals surface area contributed by atoms with Crippen LogP contribution in [0.15, 0.2) is 33.6 Å². The molecule has 0 unspecified atom stereocenters. The van der Waals surface area contributed by atoms with E-state index in [1.54, 1.807) is 6.07 Å². The lowest BCUT2D eigenvalue weighted by molar-refractivity contribution is 0.228. The summed E-state index contributed by atoms with van der Waals surface area (Å²) in [5.41, 5.74) is 0.622. The van der Waals surface area contributed by atoms with Crippen LogP contribution in [0.25, 0.3) is 10.9 Å². The quantitative estimate of drug-likeness (QED) is 0.786. The summed E-state index contributed by atoms with van der Waals surface area (Å²) in [5.74, 6) is 2.28. The molecule has 1 aromatic carbocycles. The van der Waals surface area contributed by atoms with Crippen LogP contribution in [0.3, 0.4) is 0 Å². The second-order valence-corrected chi connectivity index (χ2v) is 6.80. The monoisotopic (exact) mass is 339 g/mol. The molecule has 4 rings (SSSR count). The summed E-state index contributed by atoms with van der Waals surface area (Å²) in [6.45, 7) is 5.56. The van der Waals surface area contributed by atoms with Gasteiger partial charge in [-0.15, -0.1) is 0 Å². The van der Waals surface area contributed by atoms with E-state index in [2.05, 4.69) is 25.0 Å². The molecule has 2 aromatic heterocycles. The van der Waals surface area contributed by atoms with Crippen LogP contribution < -0.4 is 5.56 Å². The molecule has 130 valence electrons. The Bertz CT molecular complexity index is 946. The molecule has 3 heterocycles. The van der Waals surface area contributed by atoms with Crippen LogP contribution in [-0.2, 0) is 6.54 Å². The van der Waals surface area contributed by atoms with Gasteiger partial charge in [-0.3, -0.25) is 9.69 Å². The van der Waals surface area contributed by atoms with Gasteiger partial charge in [0, 0.05) is 5.92 Å². The van der Waals surface area contributed by atoms with E-state index in [1.807, 2.05) is 32.0 Å². The van der Waals surface area contributed by atoms with Crippen molar-refractivity contribution in [2.45, 2.75) is 45.2 Å². The minimum absolute atomic E-state index is 0.0991. The first-order valence-electron chi connectivity index (χ1n) is 8.67. The number of rotatable bonds is 4. The number of nitrogens with one attached hydrogen (secondary N) is 1. The van der Waals surface area contributed by atoms with Gasteiger partial charge in [-0.2, -0.15) is 4.98 Å². The Labute approximate surface area is 145 Å². The van der Waals surface area contributed by atoms with Gasteiger partial charge in [0.2, 0.25) is 5.89 Å². The van der Waals surface area contributed by atoms with Gasteiger partial charge in [0.1, 0.15) is 5.82 Å². The first kappa shape index (κ1) is 16.0. The van der Waals surface area contributed by atoms with Crippen LogP contribution in [-0.4, -0.2) is 31.6 Å². The molecule has 0 amide bonds. The molecule has 1 atom stereocenters. The molecule has 1 fully saturated rings. The standard InChI is InChI=1S/C18H21N5O2/c1-11(2)18-21-16(22-25-18)14-8-5-9-23(14)10-15-19-13-7-4-3-6-12(13)17(24)20-15/h3-4,6-7,11,14H,5,8-10H2,1-2H3,(H,19,20,24)/t14-/m0/s1. The molecule has 0 spiro atoms. The summed E-state index contributed by atoms with van der Waals surface area (Å²) in [5, 5.41) is 4.77. The lowest BCUT2D eigenvalue weighted by Gasteiger charge is -2.21. The maximum Gasteiger partial charge on any atom is 0.258 e. The van der Waals surface area contributed by atoms with Crippen LogP contribution in [0.5, 0.6) is 0 Å². The third-order valence-electron chi connectivity index (χ3n) is 4.63. The number of aromatic nitrogens is 4. The molecule has 0 bridgehead atoms. The highest BCUT2D eigenvalue weighted by Crippen LogP contribution is 2.31. The summed E-state index contributed by atoms with van der Waals surface area (Å²) in [7, 11) is 0. The van der Waals surface area contributed by atoms with Gasteiger partial charge in [-0.1, -0.05) is 31.1 Å². The molecule has 3 aromatic rings. The SMILES string of the molecule is CC(C)c1nc([C@@H]2CCCN2Cc2nc3ccccc3c(=O)[nH]2)no1. The molecule has 1 aliphatic rings. The van der Waals surface area contributed by atoms with Crippen LogP contribution in [0.4, 0.5) is 0 Å². The number of benzene rings is 1. The van der Waals surface area contributed by atoms with Crippen molar-refractivity contribution in [2.75, 3.05) is 6.54 Å². The Hall–Kier alpha value is -2.54. The van der Waals surface area contributed by atoms with Crippen molar-refractivity contribution in [2.24, 2.45) is 0 Å². The minimum atomic E-state index is -0.0991. The van der Waals surface area contributed by atoms with Crippen molar-refractivity contribution < 1.29 is 4.52 Å². The van der Waals surface area contributed by atoms with Crippen LogP contribution in [0, 0.1) is 0 Å². The van der Waals surface area contributed by atoms with Gasteiger partial charge in [0.25, 0.3) is 5.56 Å². The minimum Gasteiger partial charge on any atom is -0.339 e. The third-order valence-corrected chi connectivity index (χ3v) is 4.63. The zero-order valence-corrected chi connectivity index (χ0v) is 14.4. The van der Waals surface area contributed by atoms with Crippen LogP contribution in [0.1, 0.15) is 56.2 Å². The molecule has 7 heteroatoms. The van der Waals surface area contributed by atoms with E-state index in [9.17, 15) is 4.79 Å². The number of para-hydroxylation sites is 1. The van der Waals surface area contributed by atoms with Gasteiger partial charge >= 0.3 is 0 Å². The molecular weight excluding hydrogens is 318 g/mol. The van der Waals surface area contributed by atoms with E-state index >= 15 is 0 Å². The van der Waals surface area contributed by atoms with E-state index in [0.29, 0.717) is 23.6 Å². The molecule has 1 N–H and O–H groups in total. The molecule has 0 aliphatic carbocycles. The topological polar surface area (TPSA) is 87.9 Å². The average molecular weight is 339 g/mol. The number of hydrogen-bond acceptors (Lipinski definition) is 6. The number of likely N-dealkylation sites (tertiary alicyclic amines) is 1. The molecule has 0 saturated carbocycles. The fourth-order valence-electron chi connectivity index (χ4n) is 3.33. The van der Waals surface area contributed by atoms with Gasteiger partial charge in [0.15, 0.2) is 5.82 Å². The number of fused-ring (bicyclic) bond motifs is 1. The Balaban J connectivity index is 1.60.